The van der Waals surface area contributed by atoms with Gasteiger partial charge < -0.3 is 14.2 Å². The van der Waals surface area contributed by atoms with Crippen LogP contribution >= 0.6 is 0 Å². The van der Waals surface area contributed by atoms with E-state index in [0.717, 1.165) is 5.56 Å². The summed E-state index contributed by atoms with van der Waals surface area (Å²) in [4.78, 5) is 16.5. The fraction of sp³-hybridized carbons (Fsp3) is 0.429. The lowest BCUT2D eigenvalue weighted by atomic mass is 9.92. The van der Waals surface area contributed by atoms with Crippen molar-refractivity contribution in [3.05, 3.63) is 46.9 Å². The number of fused-ring (bicyclic) bond motifs is 1. The van der Waals surface area contributed by atoms with Crippen LogP contribution in [0.1, 0.15) is 41.9 Å². The van der Waals surface area contributed by atoms with Crippen LogP contribution in [0, 0.1) is 12.7 Å². The smallest absolute Gasteiger partial charge is 0.357 e. The van der Waals surface area contributed by atoms with Gasteiger partial charge in [0.25, 0.3) is 0 Å². The van der Waals surface area contributed by atoms with Crippen molar-refractivity contribution in [1.82, 2.24) is 4.98 Å². The van der Waals surface area contributed by atoms with Crippen LogP contribution in [-0.4, -0.2) is 36.4 Å². The van der Waals surface area contributed by atoms with Crippen LogP contribution < -0.4 is 4.74 Å². The quantitative estimate of drug-likeness (QED) is 0.648. The molecule has 2 heterocycles. The van der Waals surface area contributed by atoms with Gasteiger partial charge in [-0.1, -0.05) is 12.1 Å². The topological polar surface area (TPSA) is 57.7 Å². The molecule has 0 fully saturated rings. The van der Waals surface area contributed by atoms with E-state index in [1.807, 2.05) is 0 Å². The summed E-state index contributed by atoms with van der Waals surface area (Å²) in [6.07, 6.45) is -0.745. The molecule has 0 saturated carbocycles. The molecule has 0 bridgehead atoms. The van der Waals surface area contributed by atoms with Crippen LogP contribution in [0.2, 0.25) is 0 Å². The van der Waals surface area contributed by atoms with Crippen LogP contribution in [0.5, 0.6) is 5.88 Å². The molecule has 0 spiro atoms. The third kappa shape index (κ3) is 4.70. The Morgan fingerprint density at radius 1 is 1.31 bits per heavy atom. The summed E-state index contributed by atoms with van der Waals surface area (Å²) in [6.45, 7) is 2.14. The number of hydrogen-bond donors (Lipinski definition) is 0. The number of pyridine rings is 1. The number of ether oxygens (including phenoxy) is 3. The van der Waals surface area contributed by atoms with Gasteiger partial charge in [-0.25, -0.2) is 14.2 Å². The molecule has 1 aliphatic rings. The largest absolute Gasteiger partial charge is 0.471 e. The molecule has 29 heavy (non-hydrogen) atoms. The highest BCUT2D eigenvalue weighted by molar-refractivity contribution is 5.90. The number of rotatable bonds is 6. The molecular formula is C21H22F3NO4. The van der Waals surface area contributed by atoms with Crippen LogP contribution in [-0.2, 0) is 15.9 Å². The van der Waals surface area contributed by atoms with Gasteiger partial charge in [0, 0.05) is 11.1 Å². The van der Waals surface area contributed by atoms with E-state index in [9.17, 15) is 18.0 Å². The molecule has 0 amide bonds. The first-order chi connectivity index (χ1) is 13.8. The van der Waals surface area contributed by atoms with Gasteiger partial charge >= 0.3 is 12.6 Å². The van der Waals surface area contributed by atoms with Gasteiger partial charge in [0.1, 0.15) is 11.9 Å². The molecule has 0 N–H and O–H groups in total. The fourth-order valence-corrected chi connectivity index (χ4v) is 3.35. The third-order valence-corrected chi connectivity index (χ3v) is 4.77. The van der Waals surface area contributed by atoms with Crippen molar-refractivity contribution in [2.75, 3.05) is 6.61 Å². The number of carbonyl (C=O) groups is 1. The van der Waals surface area contributed by atoms with Gasteiger partial charge in [-0.3, -0.25) is 0 Å². The van der Waals surface area contributed by atoms with E-state index in [1.54, 1.807) is 26.0 Å². The summed E-state index contributed by atoms with van der Waals surface area (Å²) < 4.78 is 55.1. The monoisotopic (exact) mass is 409 g/mol. The Kier molecular flexibility index (Phi) is 6.42. The van der Waals surface area contributed by atoms with Crippen molar-refractivity contribution in [3.63, 3.8) is 0 Å². The Hall–Kier alpha value is -2.61. The number of aromatic nitrogens is 1. The van der Waals surface area contributed by atoms with Crippen LogP contribution in [0.15, 0.2) is 24.3 Å². The van der Waals surface area contributed by atoms with Crippen molar-refractivity contribution >= 4 is 5.97 Å². The Balaban J connectivity index is 2.05. The molecule has 156 valence electrons. The molecule has 0 saturated heterocycles. The lowest BCUT2D eigenvalue weighted by Crippen LogP contribution is -2.36. The van der Waals surface area contributed by atoms with Crippen molar-refractivity contribution in [3.8, 4) is 17.0 Å². The average molecular weight is 409 g/mol. The van der Waals surface area contributed by atoms with E-state index in [0.29, 0.717) is 29.5 Å². The van der Waals surface area contributed by atoms with Crippen molar-refractivity contribution in [2.24, 2.45) is 0 Å². The Morgan fingerprint density at radius 3 is 2.72 bits per heavy atom. The molecule has 2 atom stereocenters. The second-order valence-corrected chi connectivity index (χ2v) is 6.84. The third-order valence-electron chi connectivity index (χ3n) is 4.77. The maximum atomic E-state index is 14.7. The standard InChI is InChI=1S/C21H22F3NO4/c1-4-27-20(26)17-10-15(13-6-5-11(2)9-16(13)22)14-7-8-18(29-19(14)25-17)12(3)28-21(23)24/h5-6,9-10,12,18,21H,4,7-8H2,1-3H3/t12-,18+/m0/s1. The van der Waals surface area contributed by atoms with E-state index in [1.165, 1.54) is 19.1 Å². The van der Waals surface area contributed by atoms with Crippen molar-refractivity contribution in [2.45, 2.75) is 52.4 Å². The Bertz CT molecular complexity index is 904. The highest BCUT2D eigenvalue weighted by Gasteiger charge is 2.31. The van der Waals surface area contributed by atoms with Gasteiger partial charge in [-0.15, -0.1) is 0 Å². The first kappa shape index (κ1) is 21.1. The predicted octanol–water partition coefficient (Wildman–Crippen LogP) is 4.69. The van der Waals surface area contributed by atoms with Gasteiger partial charge in [-0.2, -0.15) is 8.78 Å². The molecule has 5 nitrogen and oxygen atoms in total. The zero-order valence-electron chi connectivity index (χ0n) is 16.4. The maximum Gasteiger partial charge on any atom is 0.357 e. The van der Waals surface area contributed by atoms with E-state index in [2.05, 4.69) is 9.72 Å². The number of carbonyl (C=O) groups excluding carboxylic acids is 1. The minimum atomic E-state index is -2.92. The van der Waals surface area contributed by atoms with E-state index in [4.69, 9.17) is 9.47 Å². The van der Waals surface area contributed by atoms with Gasteiger partial charge in [-0.05, 0) is 56.9 Å². The first-order valence-electron chi connectivity index (χ1n) is 9.38. The van der Waals surface area contributed by atoms with Gasteiger partial charge in [0.05, 0.1) is 12.7 Å². The van der Waals surface area contributed by atoms with E-state index < -0.39 is 30.6 Å². The number of halogens is 3. The van der Waals surface area contributed by atoms with Gasteiger partial charge in [0.2, 0.25) is 5.88 Å². The van der Waals surface area contributed by atoms with Crippen LogP contribution in [0.4, 0.5) is 13.2 Å². The summed E-state index contributed by atoms with van der Waals surface area (Å²) in [5, 5.41) is 0. The highest BCUT2D eigenvalue weighted by Crippen LogP contribution is 2.37. The number of nitrogens with zero attached hydrogens (tertiary/aromatic N) is 1. The maximum absolute atomic E-state index is 14.7. The zero-order valence-corrected chi connectivity index (χ0v) is 16.4. The molecule has 0 aliphatic carbocycles. The fourth-order valence-electron chi connectivity index (χ4n) is 3.35. The number of hydrogen-bond acceptors (Lipinski definition) is 5. The summed E-state index contributed by atoms with van der Waals surface area (Å²) >= 11 is 0. The molecule has 1 aromatic carbocycles. The normalized spacial score (nSPS) is 16.9. The molecule has 1 aliphatic heterocycles. The lowest BCUT2D eigenvalue weighted by molar-refractivity contribution is -0.180. The molecule has 8 heteroatoms. The highest BCUT2D eigenvalue weighted by atomic mass is 19.3. The molecule has 1 aromatic heterocycles. The number of benzene rings is 1. The SMILES string of the molecule is CCOC(=O)c1cc(-c2ccc(C)cc2F)c2c(n1)O[C@@H]([C@H](C)OC(F)F)CC2. The van der Waals surface area contributed by atoms with E-state index in [-0.39, 0.29) is 18.2 Å². The van der Waals surface area contributed by atoms with Crippen molar-refractivity contribution < 1.29 is 32.2 Å². The summed E-state index contributed by atoms with van der Waals surface area (Å²) in [7, 11) is 0. The first-order valence-corrected chi connectivity index (χ1v) is 9.38. The average Bonchev–Trinajstić information content (AvgIpc) is 2.66. The molecule has 0 radical (unpaired) electrons. The summed E-state index contributed by atoms with van der Waals surface area (Å²) in [5.41, 5.74) is 2.11. The summed E-state index contributed by atoms with van der Waals surface area (Å²) in [5.74, 6) is -1.01. The second-order valence-electron chi connectivity index (χ2n) is 6.84. The number of alkyl halides is 2. The number of aryl methyl sites for hydroxylation is 1. The minimum Gasteiger partial charge on any atom is -0.471 e. The molecular weight excluding hydrogens is 387 g/mol. The summed E-state index contributed by atoms with van der Waals surface area (Å²) in [6, 6.07) is 6.27. The van der Waals surface area contributed by atoms with Crippen LogP contribution in [0.25, 0.3) is 11.1 Å². The second kappa shape index (κ2) is 8.82. The molecule has 3 rings (SSSR count). The number of esters is 1. The molecule has 0 unspecified atom stereocenters. The zero-order chi connectivity index (χ0) is 21.1. The Labute approximate surface area is 166 Å². The minimum absolute atomic E-state index is 0.0383. The lowest BCUT2D eigenvalue weighted by Gasteiger charge is -2.30. The van der Waals surface area contributed by atoms with Crippen LogP contribution in [0.3, 0.4) is 0 Å². The van der Waals surface area contributed by atoms with E-state index >= 15 is 0 Å². The Morgan fingerprint density at radius 2 is 2.07 bits per heavy atom. The molecule has 2 aromatic rings. The van der Waals surface area contributed by atoms with Gasteiger partial charge in [0.15, 0.2) is 5.69 Å². The van der Waals surface area contributed by atoms with Crippen molar-refractivity contribution in [1.29, 1.82) is 0 Å². The predicted molar refractivity (Wildman–Crippen MR) is 99.6 cm³/mol.